The van der Waals surface area contributed by atoms with Gasteiger partial charge in [-0.15, -0.1) is 0 Å². The molecule has 6 nitrogen and oxygen atoms in total. The molecule has 1 atom stereocenters. The molecule has 3 rings (SSSR count). The molecule has 1 aliphatic heterocycles. The summed E-state index contributed by atoms with van der Waals surface area (Å²) in [6, 6.07) is 12.4. The van der Waals surface area contributed by atoms with Crippen LogP contribution in [0.4, 0.5) is 11.4 Å². The number of amides is 2. The zero-order valence-corrected chi connectivity index (χ0v) is 16.5. The van der Waals surface area contributed by atoms with Crippen molar-refractivity contribution in [1.29, 1.82) is 0 Å². The Morgan fingerprint density at radius 2 is 2.04 bits per heavy atom. The van der Waals surface area contributed by atoms with E-state index in [0.717, 1.165) is 30.7 Å². The van der Waals surface area contributed by atoms with Gasteiger partial charge in [0.1, 0.15) is 0 Å². The Balaban J connectivity index is 1.52. The van der Waals surface area contributed by atoms with Crippen LogP contribution in [0.25, 0.3) is 0 Å². The molecule has 148 valence electrons. The van der Waals surface area contributed by atoms with E-state index in [1.54, 1.807) is 30.3 Å². The summed E-state index contributed by atoms with van der Waals surface area (Å²) in [5, 5.41) is 9.40. The number of ether oxygens (including phenoxy) is 1. The van der Waals surface area contributed by atoms with Crippen LogP contribution in [0.1, 0.15) is 28.8 Å². The van der Waals surface area contributed by atoms with E-state index in [9.17, 15) is 9.59 Å². The molecule has 0 spiro atoms. The minimum Gasteiger partial charge on any atom is -0.376 e. The predicted molar refractivity (Wildman–Crippen MR) is 111 cm³/mol. The van der Waals surface area contributed by atoms with Gasteiger partial charge in [-0.3, -0.25) is 9.59 Å². The van der Waals surface area contributed by atoms with Gasteiger partial charge in [0.05, 0.1) is 12.6 Å². The van der Waals surface area contributed by atoms with Crippen molar-refractivity contribution in [2.24, 2.45) is 0 Å². The third-order valence-electron chi connectivity index (χ3n) is 4.63. The maximum atomic E-state index is 12.3. The maximum absolute atomic E-state index is 12.3. The predicted octanol–water partition coefficient (Wildman–Crippen LogP) is 3.61. The highest BCUT2D eigenvalue weighted by atomic mass is 35.5. The second-order valence-corrected chi connectivity index (χ2v) is 7.15. The van der Waals surface area contributed by atoms with Gasteiger partial charge in [-0.2, -0.15) is 0 Å². The SMILES string of the molecule is Cc1c(Cl)cccc1NCC(=O)Nc1cccc(C(=O)NCC2CCCO2)c1. The number of anilines is 2. The van der Waals surface area contributed by atoms with Crippen molar-refractivity contribution in [3.8, 4) is 0 Å². The third kappa shape index (κ3) is 5.47. The molecule has 0 aliphatic carbocycles. The highest BCUT2D eigenvalue weighted by molar-refractivity contribution is 6.31. The fourth-order valence-corrected chi connectivity index (χ4v) is 3.21. The zero-order chi connectivity index (χ0) is 19.9. The highest BCUT2D eigenvalue weighted by Gasteiger charge is 2.17. The van der Waals surface area contributed by atoms with Gasteiger partial charge in [0, 0.05) is 35.1 Å². The number of carbonyl (C=O) groups excluding carboxylic acids is 2. The minimum atomic E-state index is -0.212. The normalized spacial score (nSPS) is 15.9. The van der Waals surface area contributed by atoms with Crippen molar-refractivity contribution in [3.05, 3.63) is 58.6 Å². The van der Waals surface area contributed by atoms with Crippen molar-refractivity contribution >= 4 is 34.8 Å². The van der Waals surface area contributed by atoms with Crippen LogP contribution in [0.5, 0.6) is 0 Å². The number of carbonyl (C=O) groups is 2. The fourth-order valence-electron chi connectivity index (χ4n) is 3.03. The molecule has 2 aromatic rings. The van der Waals surface area contributed by atoms with E-state index >= 15 is 0 Å². The molecule has 0 radical (unpaired) electrons. The lowest BCUT2D eigenvalue weighted by Crippen LogP contribution is -2.31. The first-order valence-electron chi connectivity index (χ1n) is 9.31. The summed E-state index contributed by atoms with van der Waals surface area (Å²) in [4.78, 5) is 24.6. The van der Waals surface area contributed by atoms with Crippen molar-refractivity contribution in [2.45, 2.75) is 25.9 Å². The Hall–Kier alpha value is -2.57. The summed E-state index contributed by atoms with van der Waals surface area (Å²) >= 11 is 6.09. The largest absolute Gasteiger partial charge is 0.376 e. The smallest absolute Gasteiger partial charge is 0.251 e. The first-order valence-corrected chi connectivity index (χ1v) is 9.69. The first-order chi connectivity index (χ1) is 13.5. The second-order valence-electron chi connectivity index (χ2n) is 6.74. The van der Waals surface area contributed by atoms with Crippen LogP contribution in [-0.4, -0.2) is 37.6 Å². The summed E-state index contributed by atoms with van der Waals surface area (Å²) in [5.74, 6) is -0.393. The van der Waals surface area contributed by atoms with Gasteiger partial charge in [0.2, 0.25) is 5.91 Å². The third-order valence-corrected chi connectivity index (χ3v) is 5.04. The Bertz CT molecular complexity index is 851. The summed E-state index contributed by atoms with van der Waals surface area (Å²) in [5.41, 5.74) is 2.76. The van der Waals surface area contributed by atoms with Crippen LogP contribution < -0.4 is 16.0 Å². The van der Waals surface area contributed by atoms with Crippen LogP contribution in [0.15, 0.2) is 42.5 Å². The molecule has 1 fully saturated rings. The van der Waals surface area contributed by atoms with Crippen molar-refractivity contribution in [1.82, 2.24) is 5.32 Å². The average Bonchev–Trinajstić information content (AvgIpc) is 3.21. The lowest BCUT2D eigenvalue weighted by molar-refractivity contribution is -0.114. The lowest BCUT2D eigenvalue weighted by atomic mass is 10.1. The molecule has 28 heavy (non-hydrogen) atoms. The molecular formula is C21H24ClN3O3. The summed E-state index contributed by atoms with van der Waals surface area (Å²) in [6.45, 7) is 3.24. The minimum absolute atomic E-state index is 0.0906. The number of nitrogens with one attached hydrogen (secondary N) is 3. The molecule has 0 bridgehead atoms. The van der Waals surface area contributed by atoms with Crippen LogP contribution in [0.3, 0.4) is 0 Å². The molecule has 0 aromatic heterocycles. The number of hydrogen-bond donors (Lipinski definition) is 3. The van der Waals surface area contributed by atoms with Gasteiger partial charge in [0.15, 0.2) is 0 Å². The van der Waals surface area contributed by atoms with E-state index < -0.39 is 0 Å². The quantitative estimate of drug-likeness (QED) is 0.662. The maximum Gasteiger partial charge on any atom is 0.251 e. The fraction of sp³-hybridized carbons (Fsp3) is 0.333. The number of halogens is 1. The van der Waals surface area contributed by atoms with Gasteiger partial charge in [0.25, 0.3) is 5.91 Å². The topological polar surface area (TPSA) is 79.5 Å². The van der Waals surface area contributed by atoms with Gasteiger partial charge >= 0.3 is 0 Å². The molecule has 3 N–H and O–H groups in total. The van der Waals surface area contributed by atoms with Gasteiger partial charge in [-0.25, -0.2) is 0 Å². The highest BCUT2D eigenvalue weighted by Crippen LogP contribution is 2.22. The van der Waals surface area contributed by atoms with E-state index in [0.29, 0.717) is 22.8 Å². The molecular weight excluding hydrogens is 378 g/mol. The van der Waals surface area contributed by atoms with E-state index in [1.165, 1.54) is 0 Å². The summed E-state index contributed by atoms with van der Waals surface area (Å²) in [7, 11) is 0. The molecule has 0 saturated carbocycles. The lowest BCUT2D eigenvalue weighted by Gasteiger charge is -2.12. The van der Waals surface area contributed by atoms with E-state index in [4.69, 9.17) is 16.3 Å². The molecule has 1 aliphatic rings. The Morgan fingerprint density at radius 1 is 1.21 bits per heavy atom. The van der Waals surface area contributed by atoms with Crippen molar-refractivity contribution in [3.63, 3.8) is 0 Å². The Labute approximate surface area is 169 Å². The first kappa shape index (κ1) is 20.2. The van der Waals surface area contributed by atoms with Crippen LogP contribution >= 0.6 is 11.6 Å². The number of rotatable bonds is 7. The molecule has 1 saturated heterocycles. The van der Waals surface area contributed by atoms with E-state index in [-0.39, 0.29) is 24.5 Å². The average molecular weight is 402 g/mol. The molecule has 1 heterocycles. The molecule has 7 heteroatoms. The number of hydrogen-bond acceptors (Lipinski definition) is 4. The van der Waals surface area contributed by atoms with Gasteiger partial charge in [-0.05, 0) is 55.7 Å². The van der Waals surface area contributed by atoms with Crippen molar-refractivity contribution in [2.75, 3.05) is 30.3 Å². The summed E-state index contributed by atoms with van der Waals surface area (Å²) in [6.07, 6.45) is 2.09. The summed E-state index contributed by atoms with van der Waals surface area (Å²) < 4.78 is 5.51. The molecule has 2 aromatic carbocycles. The Morgan fingerprint density at radius 3 is 2.82 bits per heavy atom. The standard InChI is InChI=1S/C21H24ClN3O3/c1-14-18(22)8-3-9-19(14)23-13-20(26)25-16-6-2-5-15(11-16)21(27)24-12-17-7-4-10-28-17/h2-3,5-6,8-9,11,17,23H,4,7,10,12-13H2,1H3,(H,24,27)(H,25,26). The Kier molecular flexibility index (Phi) is 6.90. The van der Waals surface area contributed by atoms with E-state index in [1.807, 2.05) is 19.1 Å². The second kappa shape index (κ2) is 9.57. The van der Waals surface area contributed by atoms with Crippen LogP contribution in [0, 0.1) is 6.92 Å². The number of benzene rings is 2. The van der Waals surface area contributed by atoms with E-state index in [2.05, 4.69) is 16.0 Å². The van der Waals surface area contributed by atoms with Crippen molar-refractivity contribution < 1.29 is 14.3 Å². The van der Waals surface area contributed by atoms with Crippen LogP contribution in [0.2, 0.25) is 5.02 Å². The van der Waals surface area contributed by atoms with Gasteiger partial charge in [-0.1, -0.05) is 23.7 Å². The zero-order valence-electron chi connectivity index (χ0n) is 15.8. The molecule has 2 amide bonds. The monoisotopic (exact) mass is 401 g/mol. The van der Waals surface area contributed by atoms with Gasteiger partial charge < -0.3 is 20.7 Å². The molecule has 1 unspecified atom stereocenters. The van der Waals surface area contributed by atoms with Crippen LogP contribution in [-0.2, 0) is 9.53 Å².